The maximum atomic E-state index is 6.33. The van der Waals surface area contributed by atoms with Gasteiger partial charge >= 0.3 is 0 Å². The highest BCUT2D eigenvalue weighted by molar-refractivity contribution is 5.95. The Morgan fingerprint density at radius 3 is 1.81 bits per heavy atom. The molecule has 0 unspecified atom stereocenters. The first-order valence-electron chi connectivity index (χ1n) is 12.6. The van der Waals surface area contributed by atoms with Crippen LogP contribution in [0.15, 0.2) is 128 Å². The van der Waals surface area contributed by atoms with Gasteiger partial charge in [-0.25, -0.2) is 4.68 Å². The van der Waals surface area contributed by atoms with Crippen molar-refractivity contribution in [1.29, 1.82) is 0 Å². The number of anilines is 1. The fraction of sp³-hybridized carbons (Fsp3) is 0.0909. The summed E-state index contributed by atoms with van der Waals surface area (Å²) in [6.07, 6.45) is 2.72. The van der Waals surface area contributed by atoms with E-state index in [0.29, 0.717) is 5.69 Å². The SMILES string of the molecule is CCc1cc(-c2nn(C(c3ccccc3)(c3ccccc3)c3ccccc3)c3ccc(N)cc23)ccn1. The lowest BCUT2D eigenvalue weighted by Gasteiger charge is -2.37. The van der Waals surface area contributed by atoms with Gasteiger partial charge in [0.15, 0.2) is 0 Å². The minimum Gasteiger partial charge on any atom is -0.399 e. The molecule has 2 N–H and O–H groups in total. The largest absolute Gasteiger partial charge is 0.399 e. The number of hydrogen-bond donors (Lipinski definition) is 1. The standard InChI is InChI=1S/C33H28N4/c1-2-29-22-24(20-21-35-29)32-30-23-28(34)18-19-31(30)37(36-32)33(25-12-6-3-7-13-25,26-14-8-4-9-15-26)27-16-10-5-11-17-27/h3-23H,2,34H2,1H3. The van der Waals surface area contributed by atoms with Gasteiger partial charge < -0.3 is 5.73 Å². The van der Waals surface area contributed by atoms with Gasteiger partial charge in [-0.2, -0.15) is 5.10 Å². The number of nitrogens with two attached hydrogens (primary N) is 1. The lowest BCUT2D eigenvalue weighted by Crippen LogP contribution is -2.38. The number of aryl methyl sites for hydroxylation is 1. The molecule has 0 spiro atoms. The van der Waals surface area contributed by atoms with Gasteiger partial charge in [-0.3, -0.25) is 4.98 Å². The summed E-state index contributed by atoms with van der Waals surface area (Å²) in [5.74, 6) is 0. The molecule has 0 aliphatic carbocycles. The van der Waals surface area contributed by atoms with Gasteiger partial charge in [0.05, 0.1) is 5.52 Å². The third-order valence-corrected chi connectivity index (χ3v) is 7.05. The van der Waals surface area contributed by atoms with E-state index in [0.717, 1.165) is 51.0 Å². The first-order valence-corrected chi connectivity index (χ1v) is 12.6. The van der Waals surface area contributed by atoms with Gasteiger partial charge in [0.25, 0.3) is 0 Å². The predicted molar refractivity (Wildman–Crippen MR) is 151 cm³/mol. The van der Waals surface area contributed by atoms with Crippen LogP contribution in [0.25, 0.3) is 22.2 Å². The summed E-state index contributed by atoms with van der Waals surface area (Å²) in [6.45, 7) is 2.12. The van der Waals surface area contributed by atoms with Crippen LogP contribution in [-0.2, 0) is 12.0 Å². The van der Waals surface area contributed by atoms with Crippen LogP contribution in [-0.4, -0.2) is 14.8 Å². The fourth-order valence-electron chi connectivity index (χ4n) is 5.33. The molecule has 0 saturated heterocycles. The molecular weight excluding hydrogens is 452 g/mol. The van der Waals surface area contributed by atoms with E-state index in [4.69, 9.17) is 10.8 Å². The molecule has 0 bridgehead atoms. The molecule has 0 fully saturated rings. The molecule has 4 heteroatoms. The summed E-state index contributed by atoms with van der Waals surface area (Å²) in [7, 11) is 0. The van der Waals surface area contributed by atoms with Crippen molar-refractivity contribution < 1.29 is 0 Å². The molecule has 6 aromatic rings. The first kappa shape index (κ1) is 22.7. The van der Waals surface area contributed by atoms with Crippen LogP contribution in [0.2, 0.25) is 0 Å². The molecule has 4 nitrogen and oxygen atoms in total. The van der Waals surface area contributed by atoms with E-state index in [9.17, 15) is 0 Å². The van der Waals surface area contributed by atoms with Gasteiger partial charge in [0, 0.05) is 28.5 Å². The summed E-state index contributed by atoms with van der Waals surface area (Å²) in [4.78, 5) is 4.52. The summed E-state index contributed by atoms with van der Waals surface area (Å²) in [5, 5.41) is 6.43. The first-order chi connectivity index (χ1) is 18.2. The number of nitrogen functional groups attached to an aromatic ring is 1. The molecule has 0 aliphatic rings. The van der Waals surface area contributed by atoms with Crippen molar-refractivity contribution in [2.24, 2.45) is 0 Å². The maximum Gasteiger partial charge on any atom is 0.138 e. The summed E-state index contributed by atoms with van der Waals surface area (Å²) >= 11 is 0. The summed E-state index contributed by atoms with van der Waals surface area (Å²) in [6, 6.07) is 42.1. The van der Waals surface area contributed by atoms with E-state index in [1.165, 1.54) is 0 Å². The normalized spacial score (nSPS) is 11.6. The molecule has 0 atom stereocenters. The zero-order valence-corrected chi connectivity index (χ0v) is 20.8. The Hall–Kier alpha value is -4.70. The highest BCUT2D eigenvalue weighted by Crippen LogP contribution is 2.44. The molecule has 0 saturated carbocycles. The zero-order valence-electron chi connectivity index (χ0n) is 20.8. The predicted octanol–water partition coefficient (Wildman–Crippen LogP) is 7.08. The van der Waals surface area contributed by atoms with Gasteiger partial charge in [0.2, 0.25) is 0 Å². The number of fused-ring (bicyclic) bond motifs is 1. The molecule has 6 rings (SSSR count). The fourth-order valence-corrected chi connectivity index (χ4v) is 5.33. The zero-order chi connectivity index (χ0) is 25.2. The smallest absolute Gasteiger partial charge is 0.138 e. The monoisotopic (exact) mass is 480 g/mol. The Labute approximate surface area is 217 Å². The van der Waals surface area contributed by atoms with Crippen molar-refractivity contribution in [3.8, 4) is 11.3 Å². The second-order valence-electron chi connectivity index (χ2n) is 9.23. The second kappa shape index (κ2) is 9.40. The maximum absolute atomic E-state index is 6.33. The van der Waals surface area contributed by atoms with Crippen molar-refractivity contribution in [1.82, 2.24) is 14.8 Å². The van der Waals surface area contributed by atoms with Gasteiger partial charge in [-0.05, 0) is 53.4 Å². The van der Waals surface area contributed by atoms with Crippen molar-refractivity contribution in [2.45, 2.75) is 18.9 Å². The third-order valence-electron chi connectivity index (χ3n) is 7.05. The topological polar surface area (TPSA) is 56.7 Å². The van der Waals surface area contributed by atoms with Gasteiger partial charge in [-0.1, -0.05) is 97.9 Å². The molecule has 0 amide bonds. The van der Waals surface area contributed by atoms with Crippen LogP contribution >= 0.6 is 0 Å². The van der Waals surface area contributed by atoms with Crippen LogP contribution in [0.4, 0.5) is 5.69 Å². The highest BCUT2D eigenvalue weighted by Gasteiger charge is 2.41. The summed E-state index contributed by atoms with van der Waals surface area (Å²) in [5.41, 5.74) is 13.7. The Morgan fingerprint density at radius 1 is 0.703 bits per heavy atom. The molecule has 2 heterocycles. The average molecular weight is 481 g/mol. The van der Waals surface area contributed by atoms with Crippen LogP contribution < -0.4 is 5.73 Å². The quantitative estimate of drug-likeness (QED) is 0.205. The summed E-state index contributed by atoms with van der Waals surface area (Å²) < 4.78 is 2.18. The van der Waals surface area contributed by atoms with Crippen LogP contribution in [0.1, 0.15) is 29.3 Å². The van der Waals surface area contributed by atoms with Gasteiger partial charge in [-0.15, -0.1) is 0 Å². The number of benzene rings is 4. The molecular formula is C33H28N4. The van der Waals surface area contributed by atoms with E-state index in [2.05, 4.69) is 120 Å². The lowest BCUT2D eigenvalue weighted by molar-refractivity contribution is 0.477. The molecule has 37 heavy (non-hydrogen) atoms. The third kappa shape index (κ3) is 3.78. The molecule has 180 valence electrons. The number of rotatable bonds is 6. The van der Waals surface area contributed by atoms with Crippen molar-refractivity contribution in [3.63, 3.8) is 0 Å². The number of hydrogen-bond acceptors (Lipinski definition) is 3. The minimum atomic E-state index is -0.711. The van der Waals surface area contributed by atoms with Crippen molar-refractivity contribution in [2.75, 3.05) is 5.73 Å². The highest BCUT2D eigenvalue weighted by atomic mass is 15.3. The van der Waals surface area contributed by atoms with E-state index in [1.807, 2.05) is 24.4 Å². The Morgan fingerprint density at radius 2 is 1.27 bits per heavy atom. The van der Waals surface area contributed by atoms with Gasteiger partial charge in [0.1, 0.15) is 11.2 Å². The Kier molecular flexibility index (Phi) is 5.78. The second-order valence-corrected chi connectivity index (χ2v) is 9.23. The number of pyridine rings is 1. The van der Waals surface area contributed by atoms with E-state index < -0.39 is 5.54 Å². The van der Waals surface area contributed by atoms with E-state index >= 15 is 0 Å². The van der Waals surface area contributed by atoms with Crippen molar-refractivity contribution >= 4 is 16.6 Å². The average Bonchev–Trinajstić information content (AvgIpc) is 3.34. The van der Waals surface area contributed by atoms with E-state index in [-0.39, 0.29) is 0 Å². The molecule has 2 aromatic heterocycles. The van der Waals surface area contributed by atoms with Crippen LogP contribution in [0.5, 0.6) is 0 Å². The molecule has 0 radical (unpaired) electrons. The molecule has 4 aromatic carbocycles. The minimum absolute atomic E-state index is 0.711. The van der Waals surface area contributed by atoms with E-state index in [1.54, 1.807) is 0 Å². The lowest BCUT2D eigenvalue weighted by atomic mass is 9.77. The number of aromatic nitrogens is 3. The van der Waals surface area contributed by atoms with Crippen LogP contribution in [0, 0.1) is 0 Å². The Bertz CT molecular complexity index is 1560. The molecule has 0 aliphatic heterocycles. The number of nitrogens with zero attached hydrogens (tertiary/aromatic N) is 3. The van der Waals surface area contributed by atoms with Crippen molar-refractivity contribution in [3.05, 3.63) is 150 Å². The Balaban J connectivity index is 1.78. The van der Waals surface area contributed by atoms with Crippen LogP contribution in [0.3, 0.4) is 0 Å².